The first-order valence-electron chi connectivity index (χ1n) is 11.9. The van der Waals surface area contributed by atoms with E-state index in [2.05, 4.69) is 11.9 Å². The molecule has 3 rings (SSSR count). The van der Waals surface area contributed by atoms with Gasteiger partial charge in [0.05, 0.1) is 26.4 Å². The number of hydrogen-bond acceptors (Lipinski definition) is 8. The Labute approximate surface area is 215 Å². The minimum Gasteiger partial charge on any atom is -0.490 e. The maximum atomic E-state index is 12.3. The molecule has 196 valence electrons. The number of carbonyl (C=O) groups is 2. The van der Waals surface area contributed by atoms with Crippen molar-refractivity contribution >= 4 is 22.8 Å². The second-order valence-corrected chi connectivity index (χ2v) is 7.53. The van der Waals surface area contributed by atoms with Gasteiger partial charge >= 0.3 is 12.1 Å². The molecule has 0 bridgehead atoms. The Morgan fingerprint density at radius 2 is 1.32 bits per heavy atom. The fourth-order valence-corrected chi connectivity index (χ4v) is 3.23. The zero-order chi connectivity index (χ0) is 26.1. The Morgan fingerprint density at radius 3 is 2.08 bits per heavy atom. The molecule has 0 heterocycles. The first-order valence-corrected chi connectivity index (χ1v) is 11.9. The molecule has 9 heteroatoms. The predicted octanol–water partition coefficient (Wildman–Crippen LogP) is 4.15. The second-order valence-electron chi connectivity index (χ2n) is 7.53. The summed E-state index contributed by atoms with van der Waals surface area (Å²) in [4.78, 5) is 23.1. The fourth-order valence-electron chi connectivity index (χ4n) is 3.23. The Morgan fingerprint density at radius 1 is 0.703 bits per heavy atom. The van der Waals surface area contributed by atoms with E-state index in [0.717, 1.165) is 22.6 Å². The largest absolute Gasteiger partial charge is 0.490 e. The number of nitrogens with one attached hydrogen (secondary N) is 1. The van der Waals surface area contributed by atoms with Crippen LogP contribution in [0.3, 0.4) is 0 Å². The third-order valence-corrected chi connectivity index (χ3v) is 4.93. The lowest BCUT2D eigenvalue weighted by molar-refractivity contribution is -0.139. The zero-order valence-corrected chi connectivity index (χ0v) is 20.6. The highest BCUT2D eigenvalue weighted by atomic mass is 16.6. The second kappa shape index (κ2) is 15.8. The van der Waals surface area contributed by atoms with Gasteiger partial charge in [-0.1, -0.05) is 49.0 Å². The first kappa shape index (κ1) is 27.5. The van der Waals surface area contributed by atoms with Crippen molar-refractivity contribution in [2.24, 2.45) is 0 Å². The molecule has 9 nitrogen and oxygen atoms in total. The third kappa shape index (κ3) is 9.83. The maximum absolute atomic E-state index is 12.3. The number of ether oxygens (including phenoxy) is 6. The normalized spacial score (nSPS) is 10.5. The summed E-state index contributed by atoms with van der Waals surface area (Å²) in [6.45, 7) is 5.76. The van der Waals surface area contributed by atoms with E-state index >= 15 is 0 Å². The predicted molar refractivity (Wildman–Crippen MR) is 138 cm³/mol. The Kier molecular flexibility index (Phi) is 11.8. The Bertz CT molecular complexity index is 1140. The fraction of sp³-hybridized carbons (Fsp3) is 0.286. The van der Waals surface area contributed by atoms with Gasteiger partial charge in [0.15, 0.2) is 0 Å². The average Bonchev–Trinajstić information content (AvgIpc) is 2.93. The minimum absolute atomic E-state index is 0.155. The zero-order valence-electron chi connectivity index (χ0n) is 20.6. The van der Waals surface area contributed by atoms with Crippen LogP contribution in [0.1, 0.15) is 0 Å². The lowest BCUT2D eigenvalue weighted by Crippen LogP contribution is -2.30. The lowest BCUT2D eigenvalue weighted by Gasteiger charge is -2.13. The summed E-state index contributed by atoms with van der Waals surface area (Å²) in [6.07, 6.45) is 0.511. The molecule has 0 spiro atoms. The molecule has 3 aromatic rings. The molecule has 0 fully saturated rings. The van der Waals surface area contributed by atoms with E-state index in [-0.39, 0.29) is 19.8 Å². The minimum atomic E-state index is -0.584. The van der Waals surface area contributed by atoms with Gasteiger partial charge in [-0.05, 0) is 24.3 Å². The van der Waals surface area contributed by atoms with Crippen molar-refractivity contribution in [3.05, 3.63) is 79.4 Å². The molecule has 37 heavy (non-hydrogen) atoms. The highest BCUT2D eigenvalue weighted by Crippen LogP contribution is 2.33. The van der Waals surface area contributed by atoms with Gasteiger partial charge in [-0.2, -0.15) is 0 Å². The van der Waals surface area contributed by atoms with Crippen LogP contribution in [0.15, 0.2) is 79.4 Å². The third-order valence-electron chi connectivity index (χ3n) is 4.93. The summed E-state index contributed by atoms with van der Waals surface area (Å²) >= 11 is 0. The summed E-state index contributed by atoms with van der Waals surface area (Å²) in [5.41, 5.74) is 0. The van der Waals surface area contributed by atoms with Crippen molar-refractivity contribution in [2.75, 3.05) is 52.8 Å². The molecule has 0 atom stereocenters. The van der Waals surface area contributed by atoms with E-state index in [1.54, 1.807) is 12.1 Å². The highest BCUT2D eigenvalue weighted by molar-refractivity contribution is 5.94. The molecule has 0 aromatic heterocycles. The smallest absolute Gasteiger partial charge is 0.412 e. The van der Waals surface area contributed by atoms with Gasteiger partial charge in [0.2, 0.25) is 0 Å². The van der Waals surface area contributed by atoms with Gasteiger partial charge in [0, 0.05) is 23.4 Å². The van der Waals surface area contributed by atoms with Gasteiger partial charge < -0.3 is 33.7 Å². The van der Waals surface area contributed by atoms with Crippen LogP contribution in [0.5, 0.6) is 17.2 Å². The molecule has 0 saturated heterocycles. The molecule has 0 aliphatic heterocycles. The van der Waals surface area contributed by atoms with Gasteiger partial charge in [-0.15, -0.1) is 0 Å². The average molecular weight is 510 g/mol. The SMILES string of the molecule is C=CC(=O)OCCOCCOCCNC(=O)Oc1ccc(OCCOc2ccccc2)c2ccccc12. The molecule has 0 aliphatic carbocycles. The first-order chi connectivity index (χ1) is 18.2. The van der Waals surface area contributed by atoms with Crippen LogP contribution >= 0.6 is 0 Å². The molecular formula is C28H31NO8. The van der Waals surface area contributed by atoms with Crippen molar-refractivity contribution < 1.29 is 38.0 Å². The van der Waals surface area contributed by atoms with E-state index in [4.69, 9.17) is 28.4 Å². The standard InChI is InChI=1S/C28H31NO8/c1-2-27(30)36-19-18-33-17-16-32-15-14-29-28(31)37-26-13-12-25(23-10-6-7-11-24(23)26)35-21-20-34-22-8-4-3-5-9-22/h2-13H,1,14-21H2,(H,29,31). The summed E-state index contributed by atoms with van der Waals surface area (Å²) in [6, 6.07) is 20.6. The van der Waals surface area contributed by atoms with Crippen molar-refractivity contribution in [1.82, 2.24) is 5.32 Å². The number of para-hydroxylation sites is 1. The number of hydrogen-bond donors (Lipinski definition) is 1. The number of fused-ring (bicyclic) bond motifs is 1. The number of esters is 1. The Balaban J connectivity index is 1.36. The molecule has 0 radical (unpaired) electrons. The molecule has 0 aliphatic rings. The van der Waals surface area contributed by atoms with Gasteiger partial charge in [0.25, 0.3) is 0 Å². The van der Waals surface area contributed by atoms with Crippen LogP contribution in [0.4, 0.5) is 4.79 Å². The number of rotatable bonds is 16. The summed E-state index contributed by atoms with van der Waals surface area (Å²) in [7, 11) is 0. The topological polar surface area (TPSA) is 102 Å². The Hall–Kier alpha value is -4.08. The van der Waals surface area contributed by atoms with E-state index in [1.807, 2.05) is 54.6 Å². The van der Waals surface area contributed by atoms with Gasteiger partial charge in [-0.25, -0.2) is 9.59 Å². The number of benzene rings is 3. The van der Waals surface area contributed by atoms with Crippen molar-refractivity contribution in [3.8, 4) is 17.2 Å². The van der Waals surface area contributed by atoms with Crippen LogP contribution in [-0.4, -0.2) is 64.9 Å². The van der Waals surface area contributed by atoms with Crippen molar-refractivity contribution in [2.45, 2.75) is 0 Å². The molecular weight excluding hydrogens is 478 g/mol. The van der Waals surface area contributed by atoms with E-state index in [9.17, 15) is 9.59 Å². The maximum Gasteiger partial charge on any atom is 0.412 e. The van der Waals surface area contributed by atoms with Crippen LogP contribution in [0, 0.1) is 0 Å². The lowest BCUT2D eigenvalue weighted by atomic mass is 10.1. The summed E-state index contributed by atoms with van der Waals surface area (Å²) in [5.74, 6) is 1.40. The van der Waals surface area contributed by atoms with Crippen LogP contribution in [0.25, 0.3) is 10.8 Å². The van der Waals surface area contributed by atoms with Crippen LogP contribution in [0.2, 0.25) is 0 Å². The summed E-state index contributed by atoms with van der Waals surface area (Å²) < 4.78 is 32.6. The van der Waals surface area contributed by atoms with Crippen LogP contribution in [-0.2, 0) is 19.0 Å². The summed E-state index contributed by atoms with van der Waals surface area (Å²) in [5, 5.41) is 4.24. The number of carbonyl (C=O) groups excluding carboxylic acids is 2. The molecule has 1 N–H and O–H groups in total. The number of amides is 1. The van der Waals surface area contributed by atoms with E-state index in [0.29, 0.717) is 44.5 Å². The molecule has 3 aromatic carbocycles. The molecule has 0 saturated carbocycles. The molecule has 0 unspecified atom stereocenters. The molecule has 1 amide bonds. The van der Waals surface area contributed by atoms with Gasteiger partial charge in [-0.3, -0.25) is 0 Å². The van der Waals surface area contributed by atoms with Crippen molar-refractivity contribution in [3.63, 3.8) is 0 Å². The monoisotopic (exact) mass is 509 g/mol. The quantitative estimate of drug-likeness (QED) is 0.175. The van der Waals surface area contributed by atoms with Gasteiger partial charge in [0.1, 0.15) is 37.1 Å². The van der Waals surface area contributed by atoms with E-state index < -0.39 is 12.1 Å². The van der Waals surface area contributed by atoms with Crippen LogP contribution < -0.4 is 19.5 Å². The highest BCUT2D eigenvalue weighted by Gasteiger charge is 2.11. The van der Waals surface area contributed by atoms with Crippen molar-refractivity contribution in [1.29, 1.82) is 0 Å². The van der Waals surface area contributed by atoms with E-state index in [1.165, 1.54) is 0 Å².